The molecule has 3 heteroatoms. The van der Waals surface area contributed by atoms with Gasteiger partial charge in [0.2, 0.25) is 0 Å². The molecule has 0 N–H and O–H groups in total. The topological polar surface area (TPSA) is 17.1 Å². The number of benzene rings is 1. The highest BCUT2D eigenvalue weighted by atomic mass is 35.5. The lowest BCUT2D eigenvalue weighted by Crippen LogP contribution is -2.25. The zero-order valence-electron chi connectivity index (χ0n) is 9.39. The Morgan fingerprint density at radius 1 is 1.44 bits per heavy atom. The van der Waals surface area contributed by atoms with E-state index >= 15 is 0 Å². The van der Waals surface area contributed by atoms with Crippen molar-refractivity contribution in [3.63, 3.8) is 0 Å². The first-order valence-electron chi connectivity index (χ1n) is 4.97. The van der Waals surface area contributed by atoms with E-state index in [1.54, 1.807) is 25.1 Å². The molecule has 0 aliphatic heterocycles. The van der Waals surface area contributed by atoms with E-state index < -0.39 is 5.41 Å². The molecule has 0 aliphatic carbocycles. The summed E-state index contributed by atoms with van der Waals surface area (Å²) in [5.74, 6) is 0.0913. The van der Waals surface area contributed by atoms with E-state index in [9.17, 15) is 4.79 Å². The summed E-state index contributed by atoms with van der Waals surface area (Å²) in [5, 5.41) is 1.03. The Morgan fingerprint density at radius 2 is 2.06 bits per heavy atom. The minimum atomic E-state index is -0.544. The number of allylic oxidation sites excluding steroid dienone is 1. The Hall–Kier alpha value is -0.790. The van der Waals surface area contributed by atoms with E-state index in [0.717, 1.165) is 5.56 Å². The smallest absolute Gasteiger partial charge is 0.139 e. The summed E-state index contributed by atoms with van der Waals surface area (Å²) in [6.45, 7) is 7.14. The molecule has 0 saturated carbocycles. The molecule has 0 radical (unpaired) electrons. The van der Waals surface area contributed by atoms with Gasteiger partial charge in [0.1, 0.15) is 5.78 Å². The first kappa shape index (κ1) is 13.3. The number of hydrogen-bond donors (Lipinski definition) is 0. The summed E-state index contributed by atoms with van der Waals surface area (Å²) in [6.07, 6.45) is 2.26. The van der Waals surface area contributed by atoms with Crippen molar-refractivity contribution in [2.75, 3.05) is 0 Å². The molecule has 0 saturated heterocycles. The molecule has 0 heterocycles. The molecule has 0 spiro atoms. The van der Waals surface area contributed by atoms with Gasteiger partial charge in [-0.15, -0.1) is 6.58 Å². The number of carbonyl (C=O) groups is 1. The number of rotatable bonds is 4. The number of carbonyl (C=O) groups excluding carboxylic acids is 1. The summed E-state index contributed by atoms with van der Waals surface area (Å²) >= 11 is 11.8. The number of halogens is 2. The van der Waals surface area contributed by atoms with Crippen molar-refractivity contribution < 1.29 is 4.79 Å². The minimum Gasteiger partial charge on any atom is -0.299 e. The lowest BCUT2D eigenvalue weighted by molar-refractivity contribution is -0.123. The SMILES string of the molecule is C=CC(C)(Cc1ccc(Cl)c(Cl)c1)C(C)=O. The van der Waals surface area contributed by atoms with Gasteiger partial charge < -0.3 is 0 Å². The van der Waals surface area contributed by atoms with Gasteiger partial charge in [-0.25, -0.2) is 0 Å². The lowest BCUT2D eigenvalue weighted by Gasteiger charge is -2.22. The fourth-order valence-corrected chi connectivity index (χ4v) is 1.73. The fourth-order valence-electron chi connectivity index (χ4n) is 1.41. The Bertz CT molecular complexity index is 426. The Labute approximate surface area is 106 Å². The summed E-state index contributed by atoms with van der Waals surface area (Å²) in [5.41, 5.74) is 0.434. The number of ketones is 1. The Morgan fingerprint density at radius 3 is 2.50 bits per heavy atom. The second-order valence-electron chi connectivity index (χ2n) is 4.10. The van der Waals surface area contributed by atoms with Crippen LogP contribution < -0.4 is 0 Å². The highest BCUT2D eigenvalue weighted by Crippen LogP contribution is 2.29. The summed E-state index contributed by atoms with van der Waals surface area (Å²) in [7, 11) is 0. The van der Waals surface area contributed by atoms with Gasteiger partial charge in [-0.1, -0.05) is 35.3 Å². The Kier molecular flexibility index (Phi) is 4.17. The van der Waals surface area contributed by atoms with Crippen molar-refractivity contribution >= 4 is 29.0 Å². The molecule has 86 valence electrons. The minimum absolute atomic E-state index is 0.0913. The van der Waals surface area contributed by atoms with Gasteiger partial charge in [0.25, 0.3) is 0 Å². The summed E-state index contributed by atoms with van der Waals surface area (Å²) in [6, 6.07) is 5.40. The van der Waals surface area contributed by atoms with Crippen molar-refractivity contribution in [2.45, 2.75) is 20.3 Å². The number of hydrogen-bond acceptors (Lipinski definition) is 1. The van der Waals surface area contributed by atoms with Gasteiger partial charge in [0, 0.05) is 5.41 Å². The summed E-state index contributed by atoms with van der Waals surface area (Å²) < 4.78 is 0. The van der Waals surface area contributed by atoms with Crippen LogP contribution in [-0.2, 0) is 11.2 Å². The fraction of sp³-hybridized carbons (Fsp3) is 0.308. The monoisotopic (exact) mass is 256 g/mol. The standard InChI is InChI=1S/C13H14Cl2O/c1-4-13(3,9(2)16)8-10-5-6-11(14)12(15)7-10/h4-7H,1,8H2,2-3H3. The van der Waals surface area contributed by atoms with Gasteiger partial charge in [-0.2, -0.15) is 0 Å². The lowest BCUT2D eigenvalue weighted by atomic mass is 9.80. The first-order valence-corrected chi connectivity index (χ1v) is 5.73. The highest BCUT2D eigenvalue weighted by molar-refractivity contribution is 6.42. The zero-order chi connectivity index (χ0) is 12.3. The van der Waals surface area contributed by atoms with Crippen molar-refractivity contribution in [3.8, 4) is 0 Å². The van der Waals surface area contributed by atoms with Crippen molar-refractivity contribution in [1.82, 2.24) is 0 Å². The highest BCUT2D eigenvalue weighted by Gasteiger charge is 2.26. The molecule has 1 aromatic carbocycles. The van der Waals surface area contributed by atoms with E-state index in [1.807, 2.05) is 13.0 Å². The van der Waals surface area contributed by atoms with Crippen LogP contribution in [0.25, 0.3) is 0 Å². The van der Waals surface area contributed by atoms with Crippen LogP contribution in [0, 0.1) is 5.41 Å². The van der Waals surface area contributed by atoms with E-state index in [2.05, 4.69) is 6.58 Å². The molecule has 1 rings (SSSR count). The molecular formula is C13H14Cl2O. The van der Waals surface area contributed by atoms with E-state index in [1.165, 1.54) is 0 Å². The largest absolute Gasteiger partial charge is 0.299 e. The first-order chi connectivity index (χ1) is 7.39. The Balaban J connectivity index is 2.99. The van der Waals surface area contributed by atoms with Gasteiger partial charge in [0.15, 0.2) is 0 Å². The zero-order valence-corrected chi connectivity index (χ0v) is 10.9. The van der Waals surface area contributed by atoms with Crippen molar-refractivity contribution in [1.29, 1.82) is 0 Å². The molecular weight excluding hydrogens is 243 g/mol. The third-order valence-electron chi connectivity index (χ3n) is 2.81. The molecule has 1 atom stereocenters. The van der Waals surface area contributed by atoms with Crippen molar-refractivity contribution in [3.05, 3.63) is 46.5 Å². The molecule has 0 amide bonds. The maximum atomic E-state index is 11.5. The third kappa shape index (κ3) is 2.87. The van der Waals surface area contributed by atoms with Crippen LogP contribution in [0.1, 0.15) is 19.4 Å². The normalized spacial score (nSPS) is 14.2. The molecule has 0 fully saturated rings. The predicted molar refractivity (Wildman–Crippen MR) is 69.2 cm³/mol. The van der Waals surface area contributed by atoms with Crippen LogP contribution in [0.3, 0.4) is 0 Å². The van der Waals surface area contributed by atoms with E-state index in [0.29, 0.717) is 16.5 Å². The second kappa shape index (κ2) is 5.03. The average molecular weight is 257 g/mol. The summed E-state index contributed by atoms with van der Waals surface area (Å²) in [4.78, 5) is 11.5. The molecule has 0 aromatic heterocycles. The molecule has 16 heavy (non-hydrogen) atoms. The second-order valence-corrected chi connectivity index (χ2v) is 4.92. The average Bonchev–Trinajstić information content (AvgIpc) is 2.23. The molecule has 1 aromatic rings. The van der Waals surface area contributed by atoms with Gasteiger partial charge in [0.05, 0.1) is 10.0 Å². The van der Waals surface area contributed by atoms with Crippen LogP contribution >= 0.6 is 23.2 Å². The molecule has 0 aliphatic rings. The predicted octanol–water partition coefficient (Wildman–Crippen LogP) is 4.32. The van der Waals surface area contributed by atoms with Gasteiger partial charge in [-0.3, -0.25) is 4.79 Å². The molecule has 1 nitrogen and oxygen atoms in total. The molecule has 1 unspecified atom stereocenters. The number of Topliss-reactive ketones (excluding diaryl/α,β-unsaturated/α-hetero) is 1. The van der Waals surface area contributed by atoms with Gasteiger partial charge in [-0.05, 0) is 38.0 Å². The van der Waals surface area contributed by atoms with E-state index in [4.69, 9.17) is 23.2 Å². The molecule has 0 bridgehead atoms. The van der Waals surface area contributed by atoms with Crippen LogP contribution in [-0.4, -0.2) is 5.78 Å². The van der Waals surface area contributed by atoms with E-state index in [-0.39, 0.29) is 5.78 Å². The van der Waals surface area contributed by atoms with Crippen molar-refractivity contribution in [2.24, 2.45) is 5.41 Å². The van der Waals surface area contributed by atoms with Gasteiger partial charge >= 0.3 is 0 Å². The maximum absolute atomic E-state index is 11.5. The quantitative estimate of drug-likeness (QED) is 0.734. The maximum Gasteiger partial charge on any atom is 0.139 e. The van der Waals surface area contributed by atoms with Crippen LogP contribution in [0.5, 0.6) is 0 Å². The third-order valence-corrected chi connectivity index (χ3v) is 3.55. The van der Waals surface area contributed by atoms with Crippen LogP contribution in [0.2, 0.25) is 10.0 Å². The van der Waals surface area contributed by atoms with Crippen LogP contribution in [0.4, 0.5) is 0 Å². The van der Waals surface area contributed by atoms with Crippen LogP contribution in [0.15, 0.2) is 30.9 Å².